The van der Waals surface area contributed by atoms with Gasteiger partial charge in [0.2, 0.25) is 0 Å². The number of rotatable bonds is 2. The zero-order chi connectivity index (χ0) is 13.3. The van der Waals surface area contributed by atoms with Crippen LogP contribution in [0, 0.1) is 0 Å². The average molecular weight is 288 g/mol. The summed E-state index contributed by atoms with van der Waals surface area (Å²) in [6, 6.07) is 0. The van der Waals surface area contributed by atoms with E-state index in [1.54, 1.807) is 0 Å². The minimum atomic E-state index is -1.11. The van der Waals surface area contributed by atoms with Crippen molar-refractivity contribution in [1.82, 2.24) is 12.0 Å². The van der Waals surface area contributed by atoms with Crippen LogP contribution in [-0.2, 0) is 0 Å². The molecule has 0 aromatic rings. The molecule has 0 radical (unpaired) electrons. The highest BCUT2D eigenvalue weighted by molar-refractivity contribution is 6.83. The van der Waals surface area contributed by atoms with E-state index in [9.17, 15) is 0 Å². The molecule has 0 amide bonds. The second-order valence-corrected chi connectivity index (χ2v) is 20.3. The SMILES string of the molecule is CN1CC[N]([Si](C)(C)C)[AlH][N]([Si](C)(C)C)CC1. The van der Waals surface area contributed by atoms with Gasteiger partial charge in [-0.2, -0.15) is 0 Å². The topological polar surface area (TPSA) is 9.72 Å². The molecular formula is C11H30AlN3Si2. The first-order chi connectivity index (χ1) is 7.60. The number of likely N-dealkylation sites (N-methyl/N-ethyl adjacent to an activating group) is 1. The zero-order valence-corrected chi connectivity index (χ0v) is 16.3. The standard InChI is InChI=1S/C11H29N3Si2.Al.H/c1-14(10-8-12-15(2,3)4)11-9-13-16(5,6)7;;/h8-11H2,1-7H3;;/q-2;+2;. The Morgan fingerprint density at radius 3 is 1.35 bits per heavy atom. The summed E-state index contributed by atoms with van der Waals surface area (Å²) in [6.07, 6.45) is 0. The fraction of sp³-hybridized carbons (Fsp3) is 1.00. The molecule has 100 valence electrons. The molecule has 0 aromatic heterocycles. The summed E-state index contributed by atoms with van der Waals surface area (Å²) in [6.45, 7) is 20.2. The predicted molar refractivity (Wildman–Crippen MR) is 84.8 cm³/mol. The Labute approximate surface area is 116 Å². The largest absolute Gasteiger partial charge is 0.448 e. The van der Waals surface area contributed by atoms with E-state index in [-0.39, 0.29) is 15.7 Å². The molecule has 0 N–H and O–H groups in total. The van der Waals surface area contributed by atoms with Crippen LogP contribution in [0.1, 0.15) is 0 Å². The fourth-order valence-corrected chi connectivity index (χ4v) is 9.50. The molecule has 1 saturated heterocycles. The Bertz CT molecular complexity index is 226. The molecule has 0 aliphatic carbocycles. The molecule has 1 fully saturated rings. The molecule has 0 spiro atoms. The second kappa shape index (κ2) is 5.87. The quantitative estimate of drug-likeness (QED) is 0.712. The lowest BCUT2D eigenvalue weighted by atomic mass is 10.5. The first kappa shape index (κ1) is 15.9. The molecule has 6 heteroatoms. The summed E-state index contributed by atoms with van der Waals surface area (Å²) in [5, 5.41) is 0. The van der Waals surface area contributed by atoms with E-state index < -0.39 is 16.5 Å². The van der Waals surface area contributed by atoms with Crippen LogP contribution in [0.2, 0.25) is 39.3 Å². The summed E-state index contributed by atoms with van der Waals surface area (Å²) >= 11 is -0.188. The van der Waals surface area contributed by atoms with E-state index in [1.807, 2.05) is 0 Å². The van der Waals surface area contributed by atoms with Crippen molar-refractivity contribution in [2.45, 2.75) is 39.3 Å². The zero-order valence-electron chi connectivity index (χ0n) is 12.9. The highest BCUT2D eigenvalue weighted by Gasteiger charge is 2.33. The molecule has 0 bridgehead atoms. The van der Waals surface area contributed by atoms with E-state index in [0.29, 0.717) is 0 Å². The average Bonchev–Trinajstić information content (AvgIpc) is 2.07. The third-order valence-corrected chi connectivity index (χ3v) is 15.8. The van der Waals surface area contributed by atoms with E-state index in [0.717, 1.165) is 0 Å². The molecular weight excluding hydrogens is 257 g/mol. The molecule has 0 saturated carbocycles. The maximum absolute atomic E-state index is 2.90. The molecule has 17 heavy (non-hydrogen) atoms. The van der Waals surface area contributed by atoms with Crippen molar-refractivity contribution in [3.05, 3.63) is 0 Å². The summed E-state index contributed by atoms with van der Waals surface area (Å²) in [5.74, 6) is 0. The highest BCUT2D eigenvalue weighted by atomic mass is 28.3. The van der Waals surface area contributed by atoms with Gasteiger partial charge in [-0.1, -0.05) is 39.3 Å². The molecule has 1 aliphatic rings. The van der Waals surface area contributed by atoms with E-state index in [1.165, 1.54) is 26.2 Å². The molecule has 0 aromatic carbocycles. The van der Waals surface area contributed by atoms with Crippen LogP contribution in [-0.4, -0.2) is 77.4 Å². The van der Waals surface area contributed by atoms with Crippen molar-refractivity contribution in [3.8, 4) is 0 Å². The molecule has 1 aliphatic heterocycles. The Hall–Kier alpha value is 0.846. The Kier molecular flexibility index (Phi) is 5.49. The molecule has 1 heterocycles. The van der Waals surface area contributed by atoms with Gasteiger partial charge >= 0.3 is 15.7 Å². The van der Waals surface area contributed by atoms with Gasteiger partial charge in [0, 0.05) is 13.1 Å². The van der Waals surface area contributed by atoms with Crippen LogP contribution in [0.5, 0.6) is 0 Å². The van der Waals surface area contributed by atoms with Crippen LogP contribution in [0.3, 0.4) is 0 Å². The van der Waals surface area contributed by atoms with Gasteiger partial charge in [-0.05, 0) is 20.1 Å². The summed E-state index contributed by atoms with van der Waals surface area (Å²) < 4.78 is 5.81. The number of hydrogen-bond donors (Lipinski definition) is 0. The van der Waals surface area contributed by atoms with Gasteiger partial charge in [-0.25, -0.2) is 0 Å². The third-order valence-electron chi connectivity index (χ3n) is 3.74. The van der Waals surface area contributed by atoms with Crippen molar-refractivity contribution in [3.63, 3.8) is 0 Å². The Morgan fingerprint density at radius 2 is 1.06 bits per heavy atom. The molecule has 0 atom stereocenters. The van der Waals surface area contributed by atoms with Gasteiger partial charge in [0.15, 0.2) is 0 Å². The third kappa shape index (κ3) is 5.15. The van der Waals surface area contributed by atoms with Gasteiger partial charge in [0.1, 0.15) is 0 Å². The number of nitrogens with zero attached hydrogens (tertiary/aromatic N) is 3. The van der Waals surface area contributed by atoms with E-state index in [2.05, 4.69) is 58.3 Å². The lowest BCUT2D eigenvalue weighted by Gasteiger charge is -2.45. The molecule has 3 nitrogen and oxygen atoms in total. The summed E-state index contributed by atoms with van der Waals surface area (Å²) in [7, 11) is 0.0510. The van der Waals surface area contributed by atoms with Crippen LogP contribution in [0.15, 0.2) is 0 Å². The Morgan fingerprint density at radius 1 is 0.706 bits per heavy atom. The van der Waals surface area contributed by atoms with Gasteiger partial charge in [0.25, 0.3) is 0 Å². The van der Waals surface area contributed by atoms with Crippen LogP contribution in [0.4, 0.5) is 0 Å². The maximum Gasteiger partial charge on any atom is 0.448 e. The molecule has 0 unspecified atom stereocenters. The minimum absolute atomic E-state index is 0.188. The number of hydrogen-bond acceptors (Lipinski definition) is 3. The second-order valence-electron chi connectivity index (χ2n) is 7.31. The highest BCUT2D eigenvalue weighted by Crippen LogP contribution is 2.15. The van der Waals surface area contributed by atoms with Gasteiger partial charge in [-0.3, -0.25) is 0 Å². The van der Waals surface area contributed by atoms with Gasteiger partial charge < -0.3 is 12.0 Å². The lowest BCUT2D eigenvalue weighted by Crippen LogP contribution is -2.63. The van der Waals surface area contributed by atoms with Crippen molar-refractivity contribution in [2.75, 3.05) is 33.2 Å². The van der Waals surface area contributed by atoms with E-state index in [4.69, 9.17) is 0 Å². The smallest absolute Gasteiger partial charge is 0.397 e. The maximum atomic E-state index is 2.90. The predicted octanol–water partition coefficient (Wildman–Crippen LogP) is 1.47. The van der Waals surface area contributed by atoms with Crippen molar-refractivity contribution >= 4 is 32.1 Å². The van der Waals surface area contributed by atoms with Crippen LogP contribution >= 0.6 is 0 Å². The van der Waals surface area contributed by atoms with Crippen LogP contribution < -0.4 is 0 Å². The summed E-state index contributed by atoms with van der Waals surface area (Å²) in [5.41, 5.74) is 0. The normalized spacial score (nSPS) is 23.0. The van der Waals surface area contributed by atoms with Crippen molar-refractivity contribution in [2.24, 2.45) is 0 Å². The van der Waals surface area contributed by atoms with E-state index >= 15 is 0 Å². The van der Waals surface area contributed by atoms with Gasteiger partial charge in [0.05, 0.1) is 16.5 Å². The van der Waals surface area contributed by atoms with Crippen LogP contribution in [0.25, 0.3) is 0 Å². The summed E-state index contributed by atoms with van der Waals surface area (Å²) in [4.78, 5) is 2.51. The molecule has 1 rings (SSSR count). The first-order valence-corrected chi connectivity index (χ1v) is 15.0. The van der Waals surface area contributed by atoms with Gasteiger partial charge in [-0.15, -0.1) is 0 Å². The van der Waals surface area contributed by atoms with Crippen molar-refractivity contribution < 1.29 is 0 Å². The minimum Gasteiger partial charge on any atom is -0.397 e. The Balaban J connectivity index is 2.79. The monoisotopic (exact) mass is 287 g/mol. The lowest BCUT2D eigenvalue weighted by molar-refractivity contribution is 0.292. The fourth-order valence-electron chi connectivity index (χ4n) is 2.14. The van der Waals surface area contributed by atoms with Crippen molar-refractivity contribution in [1.29, 1.82) is 0 Å². The first-order valence-electron chi connectivity index (χ1n) is 6.79.